The molecule has 2 nitrogen and oxygen atoms in total. The average molecular weight is 377 g/mol. The number of para-hydroxylation sites is 3. The molecule has 0 saturated heterocycles. The van der Waals surface area contributed by atoms with Gasteiger partial charge in [0.05, 0.1) is 22.7 Å². The molecule has 0 atom stereocenters. The van der Waals surface area contributed by atoms with Crippen LogP contribution in [0.25, 0.3) is 22.3 Å². The molecule has 0 radical (unpaired) electrons. The van der Waals surface area contributed by atoms with E-state index in [9.17, 15) is 5.11 Å². The van der Waals surface area contributed by atoms with Crippen molar-refractivity contribution in [3.05, 3.63) is 103 Å². The van der Waals surface area contributed by atoms with Crippen LogP contribution in [0.1, 0.15) is 19.4 Å². The van der Waals surface area contributed by atoms with Gasteiger partial charge in [-0.25, -0.2) is 0 Å². The number of hydrogen-bond donors (Lipinski definition) is 1. The molecule has 0 fully saturated rings. The third-order valence-electron chi connectivity index (χ3n) is 5.60. The van der Waals surface area contributed by atoms with Crippen LogP contribution in [-0.4, -0.2) is 5.11 Å². The molecule has 0 spiro atoms. The van der Waals surface area contributed by atoms with Gasteiger partial charge in [0, 0.05) is 16.7 Å². The van der Waals surface area contributed by atoms with Crippen molar-refractivity contribution in [2.75, 3.05) is 4.90 Å². The molecule has 1 N–H and O–H groups in total. The number of anilines is 3. The van der Waals surface area contributed by atoms with Crippen molar-refractivity contribution in [2.45, 2.75) is 19.4 Å². The summed E-state index contributed by atoms with van der Waals surface area (Å²) < 4.78 is 0. The van der Waals surface area contributed by atoms with Crippen LogP contribution in [0.2, 0.25) is 0 Å². The van der Waals surface area contributed by atoms with Crippen molar-refractivity contribution >= 4 is 17.1 Å². The molecule has 1 aliphatic heterocycles. The first-order valence-electron chi connectivity index (χ1n) is 9.95. The Morgan fingerprint density at radius 1 is 0.517 bits per heavy atom. The van der Waals surface area contributed by atoms with E-state index >= 15 is 0 Å². The van der Waals surface area contributed by atoms with E-state index in [0.717, 1.165) is 22.6 Å². The normalized spacial score (nSPS) is 12.6. The maximum Gasteiger partial charge on any atom is 0.0860 e. The Hall–Kier alpha value is -3.36. The first kappa shape index (κ1) is 17.7. The number of nitrogens with zero attached hydrogens (tertiary/aromatic N) is 1. The van der Waals surface area contributed by atoms with Crippen LogP contribution in [0.3, 0.4) is 0 Å². The summed E-state index contributed by atoms with van der Waals surface area (Å²) in [4.78, 5) is 2.29. The number of rotatable bonds is 2. The highest BCUT2D eigenvalue weighted by Gasteiger charge is 2.29. The largest absolute Gasteiger partial charge is 0.386 e. The lowest BCUT2D eigenvalue weighted by atomic mass is 9.95. The lowest BCUT2D eigenvalue weighted by molar-refractivity contribution is 0.0792. The van der Waals surface area contributed by atoms with Gasteiger partial charge in [-0.3, -0.25) is 0 Å². The molecule has 0 aromatic heterocycles. The van der Waals surface area contributed by atoms with Crippen LogP contribution in [-0.2, 0) is 5.60 Å². The number of benzene rings is 4. The summed E-state index contributed by atoms with van der Waals surface area (Å²) in [6.45, 7) is 3.69. The molecule has 1 aliphatic rings. The second-order valence-electron chi connectivity index (χ2n) is 7.99. The smallest absolute Gasteiger partial charge is 0.0860 e. The van der Waals surface area contributed by atoms with E-state index in [0.29, 0.717) is 0 Å². The van der Waals surface area contributed by atoms with E-state index in [1.807, 2.05) is 32.0 Å². The van der Waals surface area contributed by atoms with Gasteiger partial charge < -0.3 is 10.0 Å². The predicted octanol–water partition coefficient (Wildman–Crippen LogP) is 7.03. The minimum atomic E-state index is -0.959. The van der Waals surface area contributed by atoms with E-state index in [2.05, 4.69) is 83.8 Å². The van der Waals surface area contributed by atoms with Gasteiger partial charge in [0.25, 0.3) is 0 Å². The van der Waals surface area contributed by atoms with Crippen molar-refractivity contribution in [3.63, 3.8) is 0 Å². The molecule has 0 saturated carbocycles. The predicted molar refractivity (Wildman–Crippen MR) is 121 cm³/mol. The fourth-order valence-electron chi connectivity index (χ4n) is 4.32. The Kier molecular flexibility index (Phi) is 4.04. The van der Waals surface area contributed by atoms with Crippen molar-refractivity contribution in [1.29, 1.82) is 0 Å². The summed E-state index contributed by atoms with van der Waals surface area (Å²) in [6, 6.07) is 33.7. The van der Waals surface area contributed by atoms with E-state index in [1.165, 1.54) is 22.3 Å². The summed E-state index contributed by atoms with van der Waals surface area (Å²) in [5.74, 6) is 0. The van der Waals surface area contributed by atoms with Crippen molar-refractivity contribution < 1.29 is 5.11 Å². The molecule has 2 heteroatoms. The van der Waals surface area contributed by atoms with Gasteiger partial charge >= 0.3 is 0 Å². The Morgan fingerprint density at radius 2 is 0.897 bits per heavy atom. The first-order valence-corrected chi connectivity index (χ1v) is 9.95. The van der Waals surface area contributed by atoms with Crippen LogP contribution in [0.4, 0.5) is 17.1 Å². The summed E-state index contributed by atoms with van der Waals surface area (Å²) in [6.07, 6.45) is 0. The molecule has 0 aliphatic carbocycles. The van der Waals surface area contributed by atoms with E-state index in [4.69, 9.17) is 0 Å². The van der Waals surface area contributed by atoms with Crippen LogP contribution in [0.15, 0.2) is 97.1 Å². The molecular formula is C27H23NO. The minimum absolute atomic E-state index is 0.899. The number of aliphatic hydroxyl groups is 1. The lowest BCUT2D eigenvalue weighted by Gasteiger charge is -2.32. The van der Waals surface area contributed by atoms with Gasteiger partial charge in [-0.2, -0.15) is 0 Å². The third-order valence-corrected chi connectivity index (χ3v) is 5.60. The van der Waals surface area contributed by atoms with Gasteiger partial charge in [-0.05, 0) is 43.2 Å². The second-order valence-corrected chi connectivity index (χ2v) is 7.99. The molecule has 142 valence electrons. The van der Waals surface area contributed by atoms with Crippen LogP contribution in [0.5, 0.6) is 0 Å². The molecule has 0 amide bonds. The summed E-state index contributed by atoms with van der Waals surface area (Å²) in [7, 11) is 0. The molecule has 4 aromatic carbocycles. The van der Waals surface area contributed by atoms with Crippen molar-refractivity contribution in [3.8, 4) is 22.3 Å². The zero-order valence-electron chi connectivity index (χ0n) is 16.6. The molecule has 1 heterocycles. The van der Waals surface area contributed by atoms with Crippen molar-refractivity contribution in [2.24, 2.45) is 0 Å². The lowest BCUT2D eigenvalue weighted by Crippen LogP contribution is -2.21. The minimum Gasteiger partial charge on any atom is -0.386 e. The maximum absolute atomic E-state index is 10.9. The molecular weight excluding hydrogens is 354 g/mol. The third kappa shape index (κ3) is 2.84. The zero-order chi connectivity index (χ0) is 20.0. The van der Waals surface area contributed by atoms with Crippen LogP contribution < -0.4 is 4.90 Å². The highest BCUT2D eigenvalue weighted by atomic mass is 16.3. The van der Waals surface area contributed by atoms with Crippen LogP contribution >= 0.6 is 0 Å². The van der Waals surface area contributed by atoms with Gasteiger partial charge in [0.1, 0.15) is 0 Å². The quantitative estimate of drug-likeness (QED) is 0.357. The van der Waals surface area contributed by atoms with E-state index in [-0.39, 0.29) is 0 Å². The van der Waals surface area contributed by atoms with Gasteiger partial charge in [0.15, 0.2) is 0 Å². The summed E-state index contributed by atoms with van der Waals surface area (Å²) in [5, 5.41) is 10.9. The number of hydrogen-bond acceptors (Lipinski definition) is 2. The molecule has 4 aromatic rings. The zero-order valence-corrected chi connectivity index (χ0v) is 16.6. The Balaban J connectivity index is 1.91. The highest BCUT2D eigenvalue weighted by molar-refractivity contribution is 6.02. The fourth-order valence-corrected chi connectivity index (χ4v) is 4.32. The van der Waals surface area contributed by atoms with Gasteiger partial charge in [-0.1, -0.05) is 78.9 Å². The Bertz CT molecular complexity index is 1140. The van der Waals surface area contributed by atoms with E-state index < -0.39 is 5.60 Å². The topological polar surface area (TPSA) is 23.5 Å². The van der Waals surface area contributed by atoms with Crippen LogP contribution in [0, 0.1) is 0 Å². The summed E-state index contributed by atoms with van der Waals surface area (Å²) in [5.41, 5.74) is 7.97. The summed E-state index contributed by atoms with van der Waals surface area (Å²) >= 11 is 0. The molecule has 29 heavy (non-hydrogen) atoms. The second kappa shape index (κ2) is 6.61. The van der Waals surface area contributed by atoms with Gasteiger partial charge in [0.2, 0.25) is 0 Å². The molecule has 0 unspecified atom stereocenters. The number of fused-ring (bicyclic) bond motifs is 5. The Morgan fingerprint density at radius 3 is 1.38 bits per heavy atom. The maximum atomic E-state index is 10.9. The highest BCUT2D eigenvalue weighted by Crippen LogP contribution is 2.51. The SMILES string of the molecule is CC(C)(O)c1ccccc1N1c2ccccc2-c2ccccc2-c2ccccc21. The molecule has 0 bridgehead atoms. The molecule has 5 rings (SSSR count). The first-order chi connectivity index (χ1) is 14.1. The standard InChI is InChI=1S/C27H23NO/c1-27(2,29)23-15-7-10-18-26(23)28-24-16-8-5-13-21(24)19-11-3-4-12-20(19)22-14-6-9-17-25(22)28/h3-18,29H,1-2H3. The Labute approximate surface area is 171 Å². The monoisotopic (exact) mass is 377 g/mol. The average Bonchev–Trinajstić information content (AvgIpc) is 2.86. The van der Waals surface area contributed by atoms with E-state index in [1.54, 1.807) is 0 Å². The van der Waals surface area contributed by atoms with Gasteiger partial charge in [-0.15, -0.1) is 0 Å². The fraction of sp³-hybridized carbons (Fsp3) is 0.111. The van der Waals surface area contributed by atoms with Crippen molar-refractivity contribution in [1.82, 2.24) is 0 Å².